The van der Waals surface area contributed by atoms with Gasteiger partial charge in [0.25, 0.3) is 0 Å². The molecule has 4 nitrogen and oxygen atoms in total. The predicted octanol–water partition coefficient (Wildman–Crippen LogP) is 3.71. The average Bonchev–Trinajstić information content (AvgIpc) is 2.92. The van der Waals surface area contributed by atoms with Crippen LogP contribution in [0.15, 0.2) is 48.7 Å². The van der Waals surface area contributed by atoms with E-state index >= 15 is 0 Å². The number of hydrogen-bond acceptors (Lipinski definition) is 3. The maximum Gasteiger partial charge on any atom is 0.156 e. The van der Waals surface area contributed by atoms with Crippen LogP contribution in [-0.4, -0.2) is 16.4 Å². The number of pyridine rings is 1. The van der Waals surface area contributed by atoms with Gasteiger partial charge in [-0.05, 0) is 30.3 Å². The van der Waals surface area contributed by atoms with Crippen molar-refractivity contribution in [1.82, 2.24) is 9.38 Å². The van der Waals surface area contributed by atoms with Crippen LogP contribution in [0, 0.1) is 11.3 Å². The van der Waals surface area contributed by atoms with E-state index in [0.717, 1.165) is 22.8 Å². The molecule has 0 saturated carbocycles. The third-order valence-corrected chi connectivity index (χ3v) is 3.67. The summed E-state index contributed by atoms with van der Waals surface area (Å²) in [5.74, 6) is 1.16. The van der Waals surface area contributed by atoms with Crippen molar-refractivity contribution >= 4 is 28.8 Å². The fourth-order valence-electron chi connectivity index (χ4n) is 2.33. The Balaban J connectivity index is 2.13. The quantitative estimate of drug-likeness (QED) is 0.692. The summed E-state index contributed by atoms with van der Waals surface area (Å²) in [6.45, 7) is 0. The van der Waals surface area contributed by atoms with Gasteiger partial charge in [-0.2, -0.15) is 5.26 Å². The molecule has 1 aromatic carbocycles. The van der Waals surface area contributed by atoms with Crippen LogP contribution in [0.5, 0.6) is 0 Å². The van der Waals surface area contributed by atoms with Crippen LogP contribution < -0.4 is 4.90 Å². The third kappa shape index (κ3) is 2.32. The second-order valence-corrected chi connectivity index (χ2v) is 4.93. The van der Waals surface area contributed by atoms with Crippen molar-refractivity contribution in [2.24, 2.45) is 0 Å². The molecule has 0 saturated heterocycles. The Morgan fingerprint density at radius 1 is 1.29 bits per heavy atom. The molecule has 0 N–H and O–H groups in total. The molecule has 104 valence electrons. The highest BCUT2D eigenvalue weighted by molar-refractivity contribution is 6.17. The van der Waals surface area contributed by atoms with Gasteiger partial charge in [-0.25, -0.2) is 4.98 Å². The van der Waals surface area contributed by atoms with Gasteiger partial charge in [-0.15, -0.1) is 11.6 Å². The summed E-state index contributed by atoms with van der Waals surface area (Å²) < 4.78 is 1.98. The Hall–Kier alpha value is -2.51. The number of benzene rings is 1. The van der Waals surface area contributed by atoms with E-state index in [4.69, 9.17) is 16.9 Å². The van der Waals surface area contributed by atoms with Crippen LogP contribution in [-0.2, 0) is 5.88 Å². The summed E-state index contributed by atoms with van der Waals surface area (Å²) in [7, 11) is 1.92. The molecule has 0 unspecified atom stereocenters. The number of halogens is 1. The molecule has 0 atom stereocenters. The van der Waals surface area contributed by atoms with Gasteiger partial charge in [-0.1, -0.05) is 12.1 Å². The molecule has 0 bridgehead atoms. The summed E-state index contributed by atoms with van der Waals surface area (Å²) in [5, 5.41) is 9.02. The second-order valence-electron chi connectivity index (χ2n) is 4.67. The van der Waals surface area contributed by atoms with Crippen molar-refractivity contribution in [3.05, 3.63) is 59.9 Å². The van der Waals surface area contributed by atoms with Crippen LogP contribution in [0.3, 0.4) is 0 Å². The summed E-state index contributed by atoms with van der Waals surface area (Å²) in [4.78, 5) is 6.59. The van der Waals surface area contributed by atoms with Gasteiger partial charge in [0, 0.05) is 18.9 Å². The third-order valence-electron chi connectivity index (χ3n) is 3.41. The number of fused-ring (bicyclic) bond motifs is 1. The molecule has 0 spiro atoms. The van der Waals surface area contributed by atoms with Crippen molar-refractivity contribution in [3.63, 3.8) is 0 Å². The minimum atomic E-state index is 0.364. The fraction of sp³-hybridized carbons (Fsp3) is 0.125. The topological polar surface area (TPSA) is 44.3 Å². The molecular formula is C16H13ClN4. The lowest BCUT2D eigenvalue weighted by Gasteiger charge is -2.18. The Labute approximate surface area is 127 Å². The van der Waals surface area contributed by atoms with Crippen molar-refractivity contribution in [3.8, 4) is 6.07 Å². The molecule has 2 heterocycles. The van der Waals surface area contributed by atoms with E-state index in [-0.39, 0.29) is 0 Å². The molecule has 0 fully saturated rings. The van der Waals surface area contributed by atoms with Crippen molar-refractivity contribution in [1.29, 1.82) is 5.26 Å². The number of aromatic nitrogens is 2. The normalized spacial score (nSPS) is 10.5. The molecule has 21 heavy (non-hydrogen) atoms. The van der Waals surface area contributed by atoms with Gasteiger partial charge in [0.15, 0.2) is 5.82 Å². The molecule has 0 amide bonds. The van der Waals surface area contributed by atoms with E-state index in [1.807, 2.05) is 58.9 Å². The van der Waals surface area contributed by atoms with E-state index in [1.165, 1.54) is 0 Å². The van der Waals surface area contributed by atoms with E-state index in [2.05, 4.69) is 11.1 Å². The summed E-state index contributed by atoms with van der Waals surface area (Å²) >= 11 is 6.10. The first-order valence-corrected chi connectivity index (χ1v) is 7.04. The minimum Gasteiger partial charge on any atom is -0.328 e. The Morgan fingerprint density at radius 2 is 2.14 bits per heavy atom. The van der Waals surface area contributed by atoms with Crippen LogP contribution in [0.1, 0.15) is 11.3 Å². The van der Waals surface area contributed by atoms with Gasteiger partial charge in [-0.3, -0.25) is 0 Å². The number of nitriles is 1. The smallest absolute Gasteiger partial charge is 0.156 e. The zero-order valence-electron chi connectivity index (χ0n) is 11.5. The standard InChI is InChI=1S/C16H13ClN4/c1-20(13-6-4-5-12(9-13)11-18)16-14(10-17)21-8-3-2-7-15(21)19-16/h2-9H,10H2,1H3. The molecular weight excluding hydrogens is 284 g/mol. The number of hydrogen-bond donors (Lipinski definition) is 0. The largest absolute Gasteiger partial charge is 0.328 e. The van der Waals surface area contributed by atoms with Gasteiger partial charge < -0.3 is 9.30 Å². The SMILES string of the molecule is CN(c1cccc(C#N)c1)c1nc2ccccn2c1CCl. The second kappa shape index (κ2) is 5.47. The van der Waals surface area contributed by atoms with Gasteiger partial charge in [0.2, 0.25) is 0 Å². The first kappa shape index (κ1) is 13.5. The Kier molecular flexibility index (Phi) is 3.51. The highest BCUT2D eigenvalue weighted by Gasteiger charge is 2.16. The average molecular weight is 297 g/mol. The zero-order chi connectivity index (χ0) is 14.8. The molecule has 0 aliphatic carbocycles. The van der Waals surface area contributed by atoms with E-state index in [9.17, 15) is 0 Å². The van der Waals surface area contributed by atoms with Gasteiger partial charge in [0.1, 0.15) is 5.65 Å². The predicted molar refractivity (Wildman–Crippen MR) is 84.0 cm³/mol. The fourth-order valence-corrected chi connectivity index (χ4v) is 2.58. The number of nitrogens with zero attached hydrogens (tertiary/aromatic N) is 4. The molecule has 0 aliphatic heterocycles. The molecule has 5 heteroatoms. The molecule has 3 rings (SSSR count). The van der Waals surface area contributed by atoms with Crippen LogP contribution in [0.4, 0.5) is 11.5 Å². The van der Waals surface area contributed by atoms with Gasteiger partial charge >= 0.3 is 0 Å². The van der Waals surface area contributed by atoms with Crippen LogP contribution in [0.2, 0.25) is 0 Å². The highest BCUT2D eigenvalue weighted by Crippen LogP contribution is 2.28. The van der Waals surface area contributed by atoms with Crippen molar-refractivity contribution in [2.75, 3.05) is 11.9 Å². The van der Waals surface area contributed by atoms with E-state index in [1.54, 1.807) is 6.07 Å². The first-order valence-electron chi connectivity index (χ1n) is 6.50. The molecule has 2 aromatic heterocycles. The highest BCUT2D eigenvalue weighted by atomic mass is 35.5. The number of rotatable bonds is 3. The lowest BCUT2D eigenvalue weighted by molar-refractivity contribution is 1.07. The van der Waals surface area contributed by atoms with Crippen molar-refractivity contribution in [2.45, 2.75) is 5.88 Å². The number of imidazole rings is 1. The van der Waals surface area contributed by atoms with Crippen LogP contribution in [0.25, 0.3) is 5.65 Å². The maximum absolute atomic E-state index is 9.02. The van der Waals surface area contributed by atoms with Crippen LogP contribution >= 0.6 is 11.6 Å². The lowest BCUT2D eigenvalue weighted by Crippen LogP contribution is -2.12. The van der Waals surface area contributed by atoms with Crippen molar-refractivity contribution < 1.29 is 0 Å². The van der Waals surface area contributed by atoms with E-state index < -0.39 is 0 Å². The monoisotopic (exact) mass is 296 g/mol. The first-order chi connectivity index (χ1) is 10.2. The minimum absolute atomic E-state index is 0.364. The Bertz CT molecular complexity index is 832. The molecule has 0 aliphatic rings. The Morgan fingerprint density at radius 3 is 2.90 bits per heavy atom. The molecule has 3 aromatic rings. The summed E-state index contributed by atoms with van der Waals surface area (Å²) in [6, 6.07) is 15.4. The van der Waals surface area contributed by atoms with E-state index in [0.29, 0.717) is 11.4 Å². The molecule has 0 radical (unpaired) electrons. The number of alkyl halides is 1. The zero-order valence-corrected chi connectivity index (χ0v) is 12.2. The number of anilines is 2. The summed E-state index contributed by atoms with van der Waals surface area (Å²) in [6.07, 6.45) is 1.95. The maximum atomic E-state index is 9.02. The van der Waals surface area contributed by atoms with Gasteiger partial charge in [0.05, 0.1) is 23.2 Å². The lowest BCUT2D eigenvalue weighted by atomic mass is 10.2. The summed E-state index contributed by atoms with van der Waals surface area (Å²) in [5.41, 5.74) is 3.31.